The van der Waals surface area contributed by atoms with E-state index in [9.17, 15) is 4.79 Å². The second-order valence-corrected chi connectivity index (χ2v) is 5.18. The van der Waals surface area contributed by atoms with Crippen molar-refractivity contribution in [1.29, 1.82) is 0 Å². The number of aryl methyl sites for hydroxylation is 1. The number of fused-ring (bicyclic) bond motifs is 1. The molecule has 0 radical (unpaired) electrons. The third kappa shape index (κ3) is 2.02. The first-order valence-electron chi connectivity index (χ1n) is 5.40. The molecule has 0 amide bonds. The van der Waals surface area contributed by atoms with Gasteiger partial charge in [-0.15, -0.1) is 11.8 Å². The maximum atomic E-state index is 11.1. The maximum absolute atomic E-state index is 11.1. The Morgan fingerprint density at radius 3 is 2.94 bits per heavy atom. The Morgan fingerprint density at radius 1 is 1.56 bits per heavy atom. The van der Waals surface area contributed by atoms with Crippen molar-refractivity contribution in [2.24, 2.45) is 0 Å². The van der Waals surface area contributed by atoms with Crippen LogP contribution in [0.4, 0.5) is 5.69 Å². The van der Waals surface area contributed by atoms with Gasteiger partial charge in [0, 0.05) is 16.6 Å². The van der Waals surface area contributed by atoms with Crippen LogP contribution in [0.5, 0.6) is 0 Å². The zero-order chi connectivity index (χ0) is 11.7. The highest BCUT2D eigenvalue weighted by Gasteiger charge is 2.31. The highest BCUT2D eigenvalue weighted by Crippen LogP contribution is 2.38. The third-order valence-electron chi connectivity index (χ3n) is 2.79. The van der Waals surface area contributed by atoms with Crippen molar-refractivity contribution in [1.82, 2.24) is 0 Å². The molecule has 2 rings (SSSR count). The van der Waals surface area contributed by atoms with E-state index in [0.717, 1.165) is 17.0 Å². The summed E-state index contributed by atoms with van der Waals surface area (Å²) in [6, 6.07) is 6.16. The van der Waals surface area contributed by atoms with Crippen molar-refractivity contribution in [3.8, 4) is 0 Å². The fourth-order valence-corrected chi connectivity index (χ4v) is 2.95. The molecule has 0 saturated heterocycles. The first-order chi connectivity index (χ1) is 7.61. The SMILES string of the molecule is CCc1ccc2c(c1)SC(C(=O)O)C(C)N2. The lowest BCUT2D eigenvalue weighted by Gasteiger charge is -2.29. The van der Waals surface area contributed by atoms with Gasteiger partial charge in [0.05, 0.1) is 0 Å². The molecular weight excluding hydrogens is 222 g/mol. The topological polar surface area (TPSA) is 49.3 Å². The predicted octanol–water partition coefficient (Wildman–Crippen LogP) is 2.61. The number of anilines is 1. The Labute approximate surface area is 99.2 Å². The van der Waals surface area contributed by atoms with E-state index in [2.05, 4.69) is 24.4 Å². The summed E-state index contributed by atoms with van der Waals surface area (Å²) in [6.07, 6.45) is 0.973. The van der Waals surface area contributed by atoms with Crippen LogP contribution < -0.4 is 5.32 Å². The van der Waals surface area contributed by atoms with Gasteiger partial charge in [-0.3, -0.25) is 4.79 Å². The number of carbonyl (C=O) groups is 1. The first-order valence-corrected chi connectivity index (χ1v) is 6.28. The van der Waals surface area contributed by atoms with Crippen LogP contribution in [0.1, 0.15) is 19.4 Å². The van der Waals surface area contributed by atoms with Crippen LogP contribution in [0.15, 0.2) is 23.1 Å². The van der Waals surface area contributed by atoms with E-state index in [1.807, 2.05) is 13.0 Å². The Hall–Kier alpha value is -1.16. The number of rotatable bonds is 2. The van der Waals surface area contributed by atoms with Crippen molar-refractivity contribution >= 4 is 23.4 Å². The van der Waals surface area contributed by atoms with Crippen molar-refractivity contribution in [3.63, 3.8) is 0 Å². The van der Waals surface area contributed by atoms with Crippen LogP contribution in [-0.2, 0) is 11.2 Å². The predicted molar refractivity (Wildman–Crippen MR) is 66.2 cm³/mol. The molecule has 86 valence electrons. The van der Waals surface area contributed by atoms with Gasteiger partial charge in [0.15, 0.2) is 0 Å². The van der Waals surface area contributed by atoms with Crippen molar-refractivity contribution in [2.75, 3.05) is 5.32 Å². The minimum absolute atomic E-state index is 0.0394. The number of hydrogen-bond acceptors (Lipinski definition) is 3. The maximum Gasteiger partial charge on any atom is 0.319 e. The molecule has 2 unspecified atom stereocenters. The Kier molecular flexibility index (Phi) is 3.10. The lowest BCUT2D eigenvalue weighted by molar-refractivity contribution is -0.136. The molecule has 4 heteroatoms. The van der Waals surface area contributed by atoms with E-state index in [1.165, 1.54) is 17.3 Å². The Bertz CT molecular complexity index is 419. The van der Waals surface area contributed by atoms with Gasteiger partial charge in [-0.25, -0.2) is 0 Å². The normalized spacial score (nSPS) is 23.4. The van der Waals surface area contributed by atoms with Gasteiger partial charge in [0.25, 0.3) is 0 Å². The summed E-state index contributed by atoms with van der Waals surface area (Å²) in [7, 11) is 0. The number of nitrogens with one attached hydrogen (secondary N) is 1. The molecular formula is C12H15NO2S. The number of aliphatic carboxylic acids is 1. The van der Waals surface area contributed by atoms with Crippen LogP contribution in [-0.4, -0.2) is 22.4 Å². The molecule has 16 heavy (non-hydrogen) atoms. The summed E-state index contributed by atoms with van der Waals surface area (Å²) in [5.41, 5.74) is 2.29. The van der Waals surface area contributed by atoms with Gasteiger partial charge in [-0.05, 0) is 31.0 Å². The molecule has 0 bridgehead atoms. The van der Waals surface area contributed by atoms with Gasteiger partial charge < -0.3 is 10.4 Å². The number of benzene rings is 1. The molecule has 1 aromatic rings. The van der Waals surface area contributed by atoms with E-state index >= 15 is 0 Å². The van der Waals surface area contributed by atoms with E-state index in [0.29, 0.717) is 0 Å². The number of carboxylic acid groups (broad SMARTS) is 1. The summed E-state index contributed by atoms with van der Waals surface area (Å²) < 4.78 is 0. The molecule has 0 saturated carbocycles. The molecule has 0 aliphatic carbocycles. The first kappa shape index (κ1) is 11.3. The number of hydrogen-bond donors (Lipinski definition) is 2. The van der Waals surface area contributed by atoms with Gasteiger partial charge in [0.2, 0.25) is 0 Å². The summed E-state index contributed by atoms with van der Waals surface area (Å²) >= 11 is 1.44. The molecule has 0 aromatic heterocycles. The van der Waals surface area contributed by atoms with E-state index in [1.54, 1.807) is 0 Å². The molecule has 0 spiro atoms. The zero-order valence-electron chi connectivity index (χ0n) is 9.36. The van der Waals surface area contributed by atoms with Crippen LogP contribution >= 0.6 is 11.8 Å². The largest absolute Gasteiger partial charge is 0.480 e. The van der Waals surface area contributed by atoms with E-state index < -0.39 is 11.2 Å². The standard InChI is InChI=1S/C12H15NO2S/c1-3-8-4-5-9-10(6-8)16-11(12(14)15)7(2)13-9/h4-7,11,13H,3H2,1-2H3,(H,14,15). The average molecular weight is 237 g/mol. The van der Waals surface area contributed by atoms with E-state index in [-0.39, 0.29) is 6.04 Å². The summed E-state index contributed by atoms with van der Waals surface area (Å²) in [5.74, 6) is -0.752. The quantitative estimate of drug-likeness (QED) is 0.830. The van der Waals surface area contributed by atoms with E-state index in [4.69, 9.17) is 5.11 Å². The summed E-state index contributed by atoms with van der Waals surface area (Å²) in [4.78, 5) is 12.1. The summed E-state index contributed by atoms with van der Waals surface area (Å²) in [6.45, 7) is 4.00. The van der Waals surface area contributed by atoms with Gasteiger partial charge >= 0.3 is 5.97 Å². The van der Waals surface area contributed by atoms with Crippen molar-refractivity contribution in [2.45, 2.75) is 36.5 Å². The van der Waals surface area contributed by atoms with Gasteiger partial charge in [0.1, 0.15) is 5.25 Å². The van der Waals surface area contributed by atoms with Crippen LogP contribution in [0.2, 0.25) is 0 Å². The second kappa shape index (κ2) is 4.37. The monoisotopic (exact) mass is 237 g/mol. The second-order valence-electron chi connectivity index (χ2n) is 3.99. The highest BCUT2D eigenvalue weighted by atomic mass is 32.2. The Balaban J connectivity index is 2.32. The van der Waals surface area contributed by atoms with Crippen LogP contribution in [0.25, 0.3) is 0 Å². The molecule has 1 aliphatic rings. The molecule has 1 aromatic carbocycles. The fraction of sp³-hybridized carbons (Fsp3) is 0.417. The lowest BCUT2D eigenvalue weighted by Crippen LogP contribution is -2.37. The third-order valence-corrected chi connectivity index (χ3v) is 4.24. The fourth-order valence-electron chi connectivity index (χ4n) is 1.83. The number of thioether (sulfide) groups is 1. The molecule has 2 atom stereocenters. The molecule has 1 heterocycles. The van der Waals surface area contributed by atoms with Gasteiger partial charge in [-0.1, -0.05) is 13.0 Å². The van der Waals surface area contributed by atoms with Crippen molar-refractivity contribution < 1.29 is 9.90 Å². The minimum atomic E-state index is -0.752. The van der Waals surface area contributed by atoms with Crippen LogP contribution in [0, 0.1) is 0 Å². The average Bonchev–Trinajstić information content (AvgIpc) is 2.27. The smallest absolute Gasteiger partial charge is 0.319 e. The Morgan fingerprint density at radius 2 is 2.31 bits per heavy atom. The van der Waals surface area contributed by atoms with Crippen molar-refractivity contribution in [3.05, 3.63) is 23.8 Å². The number of carboxylic acids is 1. The summed E-state index contributed by atoms with van der Waals surface area (Å²) in [5, 5.41) is 11.9. The molecule has 2 N–H and O–H groups in total. The molecule has 0 fully saturated rings. The lowest BCUT2D eigenvalue weighted by atomic mass is 10.1. The molecule has 1 aliphatic heterocycles. The zero-order valence-corrected chi connectivity index (χ0v) is 10.2. The highest BCUT2D eigenvalue weighted by molar-refractivity contribution is 8.00. The minimum Gasteiger partial charge on any atom is -0.480 e. The van der Waals surface area contributed by atoms with Crippen LogP contribution in [0.3, 0.4) is 0 Å². The van der Waals surface area contributed by atoms with Gasteiger partial charge in [-0.2, -0.15) is 0 Å². The molecule has 3 nitrogen and oxygen atoms in total.